The van der Waals surface area contributed by atoms with E-state index in [4.69, 9.17) is 9.47 Å². The summed E-state index contributed by atoms with van der Waals surface area (Å²) in [5.74, 6) is 0.538. The first kappa shape index (κ1) is 13.5. The van der Waals surface area contributed by atoms with Gasteiger partial charge < -0.3 is 14.8 Å². The summed E-state index contributed by atoms with van der Waals surface area (Å²) in [6.45, 7) is 6.48. The molecule has 102 valence electrons. The number of ether oxygens (including phenoxy) is 2. The van der Waals surface area contributed by atoms with Gasteiger partial charge in [0.2, 0.25) is 0 Å². The van der Waals surface area contributed by atoms with Crippen LogP contribution in [-0.2, 0) is 16.0 Å². The first-order chi connectivity index (χ1) is 8.85. The normalized spacial score (nSPS) is 23.7. The van der Waals surface area contributed by atoms with Crippen molar-refractivity contribution in [3.8, 4) is 0 Å². The van der Waals surface area contributed by atoms with Gasteiger partial charge in [-0.05, 0) is 13.3 Å². The molecule has 1 saturated heterocycles. The number of methoxy groups -OCH3 is 1. The zero-order valence-corrected chi connectivity index (χ0v) is 11.3. The fraction of sp³-hybridized carbons (Fsp3) is 0.769. The third-order valence-corrected chi connectivity index (χ3v) is 3.41. The summed E-state index contributed by atoms with van der Waals surface area (Å²) < 4.78 is 12.8. The molecule has 1 aromatic heterocycles. The molecule has 0 radical (unpaired) electrons. The summed E-state index contributed by atoms with van der Waals surface area (Å²) >= 11 is 0. The van der Waals surface area contributed by atoms with Crippen molar-refractivity contribution in [2.45, 2.75) is 26.0 Å². The molecule has 1 aliphatic heterocycles. The smallest absolute Gasteiger partial charge is 0.0896 e. The van der Waals surface area contributed by atoms with Crippen LogP contribution >= 0.6 is 0 Å². The lowest BCUT2D eigenvalue weighted by Gasteiger charge is -2.17. The van der Waals surface area contributed by atoms with Crippen molar-refractivity contribution in [2.75, 3.05) is 33.4 Å². The summed E-state index contributed by atoms with van der Waals surface area (Å²) in [4.78, 5) is 0. The average molecular weight is 253 g/mol. The Labute approximate surface area is 108 Å². The highest BCUT2D eigenvalue weighted by Crippen LogP contribution is 2.33. The van der Waals surface area contributed by atoms with Crippen LogP contribution in [0.3, 0.4) is 0 Å². The molecule has 0 bridgehead atoms. The topological polar surface area (TPSA) is 48.3 Å². The maximum atomic E-state index is 5.84. The molecule has 18 heavy (non-hydrogen) atoms. The second-order valence-corrected chi connectivity index (χ2v) is 4.67. The number of nitrogens with zero attached hydrogens (tertiary/aromatic N) is 2. The maximum absolute atomic E-state index is 5.84. The van der Waals surface area contributed by atoms with E-state index in [1.54, 1.807) is 7.11 Å². The molecule has 1 aliphatic rings. The maximum Gasteiger partial charge on any atom is 0.0896 e. The van der Waals surface area contributed by atoms with Crippen LogP contribution in [0, 0.1) is 5.92 Å². The van der Waals surface area contributed by atoms with Gasteiger partial charge in [0, 0.05) is 51.0 Å². The summed E-state index contributed by atoms with van der Waals surface area (Å²) in [7, 11) is 1.72. The van der Waals surface area contributed by atoms with E-state index in [1.807, 2.05) is 10.9 Å². The molecular weight excluding hydrogens is 230 g/mol. The molecule has 0 aromatic carbocycles. The van der Waals surface area contributed by atoms with E-state index in [2.05, 4.69) is 23.5 Å². The summed E-state index contributed by atoms with van der Waals surface area (Å²) in [5, 5.41) is 7.74. The quantitative estimate of drug-likeness (QED) is 0.742. The van der Waals surface area contributed by atoms with E-state index in [-0.39, 0.29) is 6.10 Å². The van der Waals surface area contributed by atoms with Crippen molar-refractivity contribution in [3.05, 3.63) is 18.0 Å². The lowest BCUT2D eigenvalue weighted by Crippen LogP contribution is -2.27. The van der Waals surface area contributed by atoms with Crippen molar-refractivity contribution >= 4 is 0 Å². The number of rotatable bonds is 7. The average Bonchev–Trinajstić information content (AvgIpc) is 3.02. The van der Waals surface area contributed by atoms with Gasteiger partial charge in [0.1, 0.15) is 0 Å². The van der Waals surface area contributed by atoms with Crippen LogP contribution in [0.25, 0.3) is 0 Å². The van der Waals surface area contributed by atoms with E-state index in [1.165, 1.54) is 5.56 Å². The lowest BCUT2D eigenvalue weighted by molar-refractivity contribution is 0.0898. The molecule has 2 heterocycles. The van der Waals surface area contributed by atoms with Gasteiger partial charge >= 0.3 is 0 Å². The van der Waals surface area contributed by atoms with Gasteiger partial charge in [-0.1, -0.05) is 0 Å². The van der Waals surface area contributed by atoms with Gasteiger partial charge in [-0.2, -0.15) is 5.10 Å². The van der Waals surface area contributed by atoms with Crippen LogP contribution in [0.2, 0.25) is 0 Å². The van der Waals surface area contributed by atoms with Crippen molar-refractivity contribution < 1.29 is 9.47 Å². The first-order valence-electron chi connectivity index (χ1n) is 6.68. The third kappa shape index (κ3) is 3.31. The van der Waals surface area contributed by atoms with Gasteiger partial charge in [-0.25, -0.2) is 0 Å². The van der Waals surface area contributed by atoms with Gasteiger partial charge in [0.25, 0.3) is 0 Å². The number of hydrogen-bond donors (Lipinski definition) is 1. The highest BCUT2D eigenvalue weighted by Gasteiger charge is 2.30. The van der Waals surface area contributed by atoms with Crippen molar-refractivity contribution in [2.24, 2.45) is 5.92 Å². The van der Waals surface area contributed by atoms with E-state index >= 15 is 0 Å². The van der Waals surface area contributed by atoms with E-state index in [0.717, 1.165) is 39.3 Å². The highest BCUT2D eigenvalue weighted by molar-refractivity contribution is 5.11. The van der Waals surface area contributed by atoms with Gasteiger partial charge in [0.15, 0.2) is 0 Å². The number of hydrogen-bond acceptors (Lipinski definition) is 4. The molecule has 0 spiro atoms. The van der Waals surface area contributed by atoms with Gasteiger partial charge in [-0.3, -0.25) is 4.68 Å². The van der Waals surface area contributed by atoms with Gasteiger partial charge in [-0.15, -0.1) is 0 Å². The summed E-state index contributed by atoms with van der Waals surface area (Å²) in [5.41, 5.74) is 1.20. The Bertz CT molecular complexity index is 354. The second kappa shape index (κ2) is 6.87. The predicted octanol–water partition coefficient (Wildman–Crippen LogP) is 1.22. The Morgan fingerprint density at radius 3 is 3.22 bits per heavy atom. The predicted molar refractivity (Wildman–Crippen MR) is 69.4 cm³/mol. The van der Waals surface area contributed by atoms with E-state index < -0.39 is 0 Å². The molecule has 2 rings (SSSR count). The molecule has 0 aliphatic carbocycles. The number of aryl methyl sites for hydroxylation is 1. The molecular formula is C13H23N3O2. The SMILES string of the molecule is CCn1cc(C2OCCC2CNCCOC)cn1. The minimum absolute atomic E-state index is 0.195. The molecule has 2 unspecified atom stereocenters. The van der Waals surface area contributed by atoms with Gasteiger partial charge in [0.05, 0.1) is 18.9 Å². The Morgan fingerprint density at radius 1 is 1.61 bits per heavy atom. The van der Waals surface area contributed by atoms with Crippen LogP contribution < -0.4 is 5.32 Å². The number of nitrogens with one attached hydrogen (secondary N) is 1. The highest BCUT2D eigenvalue weighted by atomic mass is 16.5. The zero-order chi connectivity index (χ0) is 12.8. The fourth-order valence-electron chi connectivity index (χ4n) is 2.37. The molecule has 2 atom stereocenters. The molecule has 1 N–H and O–H groups in total. The van der Waals surface area contributed by atoms with E-state index in [9.17, 15) is 0 Å². The second-order valence-electron chi connectivity index (χ2n) is 4.67. The monoisotopic (exact) mass is 253 g/mol. The largest absolute Gasteiger partial charge is 0.383 e. The minimum Gasteiger partial charge on any atom is -0.383 e. The van der Waals surface area contributed by atoms with E-state index in [0.29, 0.717) is 5.92 Å². The summed E-state index contributed by atoms with van der Waals surface area (Å²) in [6, 6.07) is 0. The Balaban J connectivity index is 1.86. The Kier molecular flexibility index (Phi) is 5.16. The van der Waals surface area contributed by atoms with Crippen LogP contribution in [0.4, 0.5) is 0 Å². The van der Waals surface area contributed by atoms with Crippen LogP contribution in [0.5, 0.6) is 0 Å². The molecule has 5 heteroatoms. The Morgan fingerprint density at radius 2 is 2.50 bits per heavy atom. The summed E-state index contributed by atoms with van der Waals surface area (Å²) in [6.07, 6.45) is 5.34. The zero-order valence-electron chi connectivity index (χ0n) is 11.3. The fourth-order valence-corrected chi connectivity index (χ4v) is 2.37. The molecule has 0 saturated carbocycles. The van der Waals surface area contributed by atoms with Crippen LogP contribution in [-0.4, -0.2) is 43.2 Å². The van der Waals surface area contributed by atoms with Crippen molar-refractivity contribution in [3.63, 3.8) is 0 Å². The van der Waals surface area contributed by atoms with Crippen molar-refractivity contribution in [1.29, 1.82) is 0 Å². The minimum atomic E-state index is 0.195. The van der Waals surface area contributed by atoms with Crippen LogP contribution in [0.15, 0.2) is 12.4 Å². The third-order valence-electron chi connectivity index (χ3n) is 3.41. The molecule has 0 amide bonds. The first-order valence-corrected chi connectivity index (χ1v) is 6.68. The molecule has 1 fully saturated rings. The number of aromatic nitrogens is 2. The molecule has 5 nitrogen and oxygen atoms in total. The molecule has 1 aromatic rings. The van der Waals surface area contributed by atoms with Crippen LogP contribution in [0.1, 0.15) is 25.0 Å². The van der Waals surface area contributed by atoms with Crippen molar-refractivity contribution in [1.82, 2.24) is 15.1 Å². The lowest BCUT2D eigenvalue weighted by atomic mass is 9.97. The Hall–Kier alpha value is -0.910. The standard InChI is InChI=1S/C13H23N3O2/c1-3-16-10-12(9-15-16)13-11(4-6-18-13)8-14-5-7-17-2/h9-11,13-14H,3-8H2,1-2H3.